The molecule has 3 rings (SSSR count). The zero-order chi connectivity index (χ0) is 16.8. The molecule has 1 fully saturated rings. The Hall–Kier alpha value is -1.11. The molecular formula is C21H28INO2. The number of ether oxygens (including phenoxy) is 1. The molecule has 2 aromatic rings. The minimum atomic E-state index is -0.406. The van der Waals surface area contributed by atoms with Crippen LogP contribution in [0.1, 0.15) is 19.8 Å². The fourth-order valence-corrected chi connectivity index (χ4v) is 3.70. The lowest BCUT2D eigenvalue weighted by Crippen LogP contribution is -3.00. The van der Waals surface area contributed by atoms with E-state index in [9.17, 15) is 5.11 Å². The summed E-state index contributed by atoms with van der Waals surface area (Å²) in [5.41, 5.74) is 2.38. The van der Waals surface area contributed by atoms with Gasteiger partial charge < -0.3 is 38.3 Å². The summed E-state index contributed by atoms with van der Waals surface area (Å²) in [5.74, 6) is 0.818. The van der Waals surface area contributed by atoms with Crippen LogP contribution in [0, 0.1) is 0 Å². The van der Waals surface area contributed by atoms with Crippen molar-refractivity contribution in [3.63, 3.8) is 0 Å². The normalized spacial score (nSPS) is 16.9. The number of hydrogen-bond donors (Lipinski definition) is 1. The van der Waals surface area contributed by atoms with Crippen molar-refractivity contribution in [1.29, 1.82) is 0 Å². The van der Waals surface area contributed by atoms with Crippen molar-refractivity contribution in [3.8, 4) is 16.9 Å². The summed E-state index contributed by atoms with van der Waals surface area (Å²) < 4.78 is 6.84. The van der Waals surface area contributed by atoms with Crippen molar-refractivity contribution in [1.82, 2.24) is 0 Å². The van der Waals surface area contributed by atoms with Crippen LogP contribution < -0.4 is 28.7 Å². The maximum Gasteiger partial charge on any atom is 0.137 e. The molecule has 0 amide bonds. The summed E-state index contributed by atoms with van der Waals surface area (Å²) in [6, 6.07) is 18.4. The number of aliphatic hydroxyl groups is 1. The smallest absolute Gasteiger partial charge is 0.137 e. The monoisotopic (exact) mass is 453 g/mol. The van der Waals surface area contributed by atoms with Crippen LogP contribution in [0.3, 0.4) is 0 Å². The van der Waals surface area contributed by atoms with Gasteiger partial charge in [0, 0.05) is 12.8 Å². The number of hydrogen-bond acceptors (Lipinski definition) is 2. The Bertz CT molecular complexity index is 624. The summed E-state index contributed by atoms with van der Waals surface area (Å²) in [6.45, 7) is 6.88. The van der Waals surface area contributed by atoms with Gasteiger partial charge in [-0.3, -0.25) is 0 Å². The van der Waals surface area contributed by atoms with Crippen molar-refractivity contribution in [2.75, 3.05) is 32.8 Å². The van der Waals surface area contributed by atoms with E-state index in [0.29, 0.717) is 6.61 Å². The van der Waals surface area contributed by atoms with Gasteiger partial charge in [-0.1, -0.05) is 42.5 Å². The number of benzene rings is 2. The second-order valence-corrected chi connectivity index (χ2v) is 6.85. The summed E-state index contributed by atoms with van der Waals surface area (Å²) in [5, 5.41) is 10.4. The molecule has 1 N–H and O–H groups in total. The second-order valence-electron chi connectivity index (χ2n) is 6.85. The predicted octanol–water partition coefficient (Wildman–Crippen LogP) is 0.728. The maximum absolute atomic E-state index is 10.4. The van der Waals surface area contributed by atoms with Crippen LogP contribution in [0.2, 0.25) is 0 Å². The summed E-state index contributed by atoms with van der Waals surface area (Å²) in [7, 11) is 0. The van der Waals surface area contributed by atoms with Crippen LogP contribution in [0.5, 0.6) is 5.75 Å². The molecule has 0 spiro atoms. The van der Waals surface area contributed by atoms with Gasteiger partial charge in [0.15, 0.2) is 0 Å². The number of nitrogens with zero attached hydrogens (tertiary/aromatic N) is 1. The first kappa shape index (κ1) is 20.2. The molecule has 136 valence electrons. The van der Waals surface area contributed by atoms with E-state index in [-0.39, 0.29) is 24.0 Å². The summed E-state index contributed by atoms with van der Waals surface area (Å²) >= 11 is 0. The molecule has 3 nitrogen and oxygen atoms in total. The van der Waals surface area contributed by atoms with E-state index in [0.717, 1.165) is 23.3 Å². The lowest BCUT2D eigenvalue weighted by molar-refractivity contribution is -0.917. The van der Waals surface area contributed by atoms with Gasteiger partial charge in [-0.25, -0.2) is 0 Å². The lowest BCUT2D eigenvalue weighted by atomic mass is 10.1. The highest BCUT2D eigenvalue weighted by Gasteiger charge is 2.32. The van der Waals surface area contributed by atoms with Gasteiger partial charge in [-0.2, -0.15) is 0 Å². The highest BCUT2D eigenvalue weighted by atomic mass is 127. The Kier molecular flexibility index (Phi) is 7.72. The highest BCUT2D eigenvalue weighted by molar-refractivity contribution is 5.63. The van der Waals surface area contributed by atoms with E-state index in [1.54, 1.807) is 0 Å². The van der Waals surface area contributed by atoms with E-state index in [4.69, 9.17) is 4.74 Å². The Morgan fingerprint density at radius 3 is 2.16 bits per heavy atom. The van der Waals surface area contributed by atoms with Crippen LogP contribution >= 0.6 is 0 Å². The van der Waals surface area contributed by atoms with Crippen LogP contribution in [-0.2, 0) is 0 Å². The first-order chi connectivity index (χ1) is 11.7. The zero-order valence-corrected chi connectivity index (χ0v) is 17.1. The second kappa shape index (κ2) is 9.55. The van der Waals surface area contributed by atoms with Crippen LogP contribution in [0.25, 0.3) is 11.1 Å². The molecule has 2 aromatic carbocycles. The van der Waals surface area contributed by atoms with E-state index in [2.05, 4.69) is 31.2 Å². The standard InChI is InChI=1S/C21H28NO2.HI/c1-2-22(14-6-7-15-22)16-20(23)17-24-21-12-10-19(11-13-21)18-8-4-3-5-9-18;/h3-5,8-13,20,23H,2,6-7,14-17H2,1H3;1H/q+1;/p-1. The van der Waals surface area contributed by atoms with Gasteiger partial charge in [0.05, 0.1) is 19.6 Å². The molecule has 25 heavy (non-hydrogen) atoms. The van der Waals surface area contributed by atoms with Gasteiger partial charge in [0.25, 0.3) is 0 Å². The number of aliphatic hydroxyl groups excluding tert-OH is 1. The zero-order valence-electron chi connectivity index (χ0n) is 14.9. The predicted molar refractivity (Wildman–Crippen MR) is 98.0 cm³/mol. The highest BCUT2D eigenvalue weighted by Crippen LogP contribution is 2.23. The fourth-order valence-electron chi connectivity index (χ4n) is 3.70. The molecule has 1 atom stereocenters. The van der Waals surface area contributed by atoms with E-state index >= 15 is 0 Å². The van der Waals surface area contributed by atoms with Gasteiger partial charge in [-0.05, 0) is 30.2 Å². The van der Waals surface area contributed by atoms with Crippen LogP contribution in [0.4, 0.5) is 0 Å². The molecule has 1 aliphatic rings. The van der Waals surface area contributed by atoms with Crippen LogP contribution in [0.15, 0.2) is 54.6 Å². The first-order valence-electron chi connectivity index (χ1n) is 9.02. The third kappa shape index (κ3) is 5.43. The number of quaternary nitrogens is 1. The van der Waals surface area contributed by atoms with Crippen molar-refractivity contribution in [2.24, 2.45) is 0 Å². The van der Waals surface area contributed by atoms with Gasteiger partial charge in [0.2, 0.25) is 0 Å². The minimum absolute atomic E-state index is 0. The number of rotatable bonds is 7. The molecule has 4 heteroatoms. The fraction of sp³-hybridized carbons (Fsp3) is 0.429. The molecule has 1 heterocycles. The molecule has 1 aliphatic heterocycles. The molecule has 1 saturated heterocycles. The van der Waals surface area contributed by atoms with Crippen molar-refractivity contribution in [2.45, 2.75) is 25.9 Å². The Labute approximate surface area is 168 Å². The van der Waals surface area contributed by atoms with Crippen molar-refractivity contribution in [3.05, 3.63) is 54.6 Å². The Morgan fingerprint density at radius 2 is 1.56 bits per heavy atom. The molecular weight excluding hydrogens is 425 g/mol. The van der Waals surface area contributed by atoms with Crippen molar-refractivity contribution < 1.29 is 38.3 Å². The van der Waals surface area contributed by atoms with Gasteiger partial charge in [0.1, 0.15) is 25.0 Å². The summed E-state index contributed by atoms with van der Waals surface area (Å²) in [6.07, 6.45) is 2.15. The average molecular weight is 453 g/mol. The van der Waals surface area contributed by atoms with E-state index in [1.165, 1.54) is 37.1 Å². The lowest BCUT2D eigenvalue weighted by Gasteiger charge is -2.34. The van der Waals surface area contributed by atoms with E-state index in [1.807, 2.05) is 30.3 Å². The summed E-state index contributed by atoms with van der Waals surface area (Å²) in [4.78, 5) is 0. The van der Waals surface area contributed by atoms with Gasteiger partial charge >= 0.3 is 0 Å². The first-order valence-corrected chi connectivity index (χ1v) is 9.02. The van der Waals surface area contributed by atoms with Crippen LogP contribution in [-0.4, -0.2) is 48.5 Å². The molecule has 0 saturated carbocycles. The molecule has 0 aliphatic carbocycles. The third-order valence-electron chi connectivity index (χ3n) is 5.19. The molecule has 0 aromatic heterocycles. The minimum Gasteiger partial charge on any atom is -1.00 e. The molecule has 1 unspecified atom stereocenters. The topological polar surface area (TPSA) is 29.5 Å². The number of likely N-dealkylation sites (N-methyl/N-ethyl adjacent to an activating group) is 1. The maximum atomic E-state index is 10.4. The molecule has 0 radical (unpaired) electrons. The van der Waals surface area contributed by atoms with Crippen molar-refractivity contribution >= 4 is 0 Å². The average Bonchev–Trinajstić information content (AvgIpc) is 3.10. The Morgan fingerprint density at radius 1 is 0.960 bits per heavy atom. The largest absolute Gasteiger partial charge is 1.00 e. The SMILES string of the molecule is CC[N+]1(CC(O)COc2ccc(-c3ccccc3)cc2)CCCC1.[I-]. The Balaban J connectivity index is 0.00000225. The number of halogens is 1. The molecule has 0 bridgehead atoms. The van der Waals surface area contributed by atoms with Gasteiger partial charge in [-0.15, -0.1) is 0 Å². The number of likely N-dealkylation sites (tertiary alicyclic amines) is 1. The quantitative estimate of drug-likeness (QED) is 0.495. The third-order valence-corrected chi connectivity index (χ3v) is 5.19. The van der Waals surface area contributed by atoms with E-state index < -0.39 is 6.10 Å².